The monoisotopic (exact) mass is 333 g/mol. The fourth-order valence-electron chi connectivity index (χ4n) is 2.26. The average Bonchev–Trinajstić information content (AvgIpc) is 2.84. The molecule has 0 bridgehead atoms. The highest BCUT2D eigenvalue weighted by atomic mass is 35.7. The first-order valence-corrected chi connectivity index (χ1v) is 8.69. The van der Waals surface area contributed by atoms with Gasteiger partial charge >= 0.3 is 0 Å². The lowest BCUT2D eigenvalue weighted by Gasteiger charge is -2.15. The minimum Gasteiger partial charge on any atom is -0.495 e. The summed E-state index contributed by atoms with van der Waals surface area (Å²) in [6.07, 6.45) is 0.489. The molecule has 116 valence electrons. The van der Waals surface area contributed by atoms with Gasteiger partial charge in [-0.25, -0.2) is 8.42 Å². The molecule has 0 spiro atoms. The summed E-state index contributed by atoms with van der Waals surface area (Å²) in [5, 5.41) is 2.68. The van der Waals surface area contributed by atoms with Gasteiger partial charge in [-0.2, -0.15) is 0 Å². The number of hydrogen-bond donors (Lipinski definition) is 1. The molecule has 0 aliphatic carbocycles. The van der Waals surface area contributed by atoms with Gasteiger partial charge in [0.25, 0.3) is 9.05 Å². The molecule has 1 aromatic rings. The van der Waals surface area contributed by atoms with E-state index in [0.717, 1.165) is 0 Å². The number of benzene rings is 1. The first-order valence-electron chi connectivity index (χ1n) is 6.38. The maximum atomic E-state index is 12.1. The van der Waals surface area contributed by atoms with E-state index in [1.54, 1.807) is 6.07 Å². The molecule has 0 radical (unpaired) electrons. The van der Waals surface area contributed by atoms with E-state index in [1.165, 1.54) is 19.2 Å². The van der Waals surface area contributed by atoms with Crippen LogP contribution in [0.1, 0.15) is 13.3 Å². The van der Waals surface area contributed by atoms with Crippen LogP contribution >= 0.6 is 10.7 Å². The van der Waals surface area contributed by atoms with E-state index in [4.69, 9.17) is 20.2 Å². The fraction of sp³-hybridized carbons (Fsp3) is 0.462. The Labute approximate surface area is 127 Å². The molecule has 0 saturated carbocycles. The number of carbonyl (C=O) groups is 1. The van der Waals surface area contributed by atoms with Gasteiger partial charge in [0.2, 0.25) is 5.91 Å². The minimum atomic E-state index is -3.96. The van der Waals surface area contributed by atoms with Crippen molar-refractivity contribution >= 4 is 31.3 Å². The van der Waals surface area contributed by atoms with Crippen LogP contribution in [0.4, 0.5) is 5.69 Å². The number of ether oxygens (including phenoxy) is 2. The Kier molecular flexibility index (Phi) is 4.75. The van der Waals surface area contributed by atoms with Crippen molar-refractivity contribution in [3.8, 4) is 5.75 Å². The number of anilines is 1. The fourth-order valence-corrected chi connectivity index (χ4v) is 3.28. The summed E-state index contributed by atoms with van der Waals surface area (Å²) in [5.74, 6) is -0.327. The highest BCUT2D eigenvalue weighted by Gasteiger charge is 2.31. The summed E-state index contributed by atoms with van der Waals surface area (Å²) in [4.78, 5) is 12.0. The van der Waals surface area contributed by atoms with Crippen LogP contribution in [0.2, 0.25) is 0 Å². The van der Waals surface area contributed by atoms with E-state index < -0.39 is 9.05 Å². The second-order valence-corrected chi connectivity index (χ2v) is 7.30. The Hall–Kier alpha value is -1.31. The van der Waals surface area contributed by atoms with Crippen LogP contribution in [0.3, 0.4) is 0 Å². The summed E-state index contributed by atoms with van der Waals surface area (Å²) in [5.41, 5.74) is 0.346. The van der Waals surface area contributed by atoms with Gasteiger partial charge in [0.15, 0.2) is 0 Å². The van der Waals surface area contributed by atoms with E-state index >= 15 is 0 Å². The SMILES string of the molecule is COc1ccc(NC(=O)C2CCOC2C)cc1S(=O)(=O)Cl. The van der Waals surface area contributed by atoms with Crippen LogP contribution in [0.25, 0.3) is 0 Å². The molecule has 1 aromatic carbocycles. The van der Waals surface area contributed by atoms with Gasteiger partial charge in [0, 0.05) is 23.0 Å². The summed E-state index contributed by atoms with van der Waals surface area (Å²) in [6.45, 7) is 2.38. The number of hydrogen-bond acceptors (Lipinski definition) is 5. The third-order valence-electron chi connectivity index (χ3n) is 3.41. The molecule has 21 heavy (non-hydrogen) atoms. The zero-order valence-electron chi connectivity index (χ0n) is 11.6. The molecule has 2 atom stereocenters. The molecular weight excluding hydrogens is 318 g/mol. The van der Waals surface area contributed by atoms with E-state index in [-0.39, 0.29) is 28.6 Å². The highest BCUT2D eigenvalue weighted by molar-refractivity contribution is 8.13. The standard InChI is InChI=1S/C13H16ClNO5S/c1-8-10(5-6-20-8)13(16)15-9-3-4-11(19-2)12(7-9)21(14,17)18/h3-4,7-8,10H,5-6H2,1-2H3,(H,15,16). The molecule has 1 aliphatic heterocycles. The third kappa shape index (κ3) is 3.66. The molecule has 1 N–H and O–H groups in total. The normalized spacial score (nSPS) is 22.0. The molecule has 1 amide bonds. The molecule has 2 unspecified atom stereocenters. The smallest absolute Gasteiger partial charge is 0.265 e. The summed E-state index contributed by atoms with van der Waals surface area (Å²) in [7, 11) is 2.74. The Morgan fingerprint density at radius 3 is 2.71 bits per heavy atom. The van der Waals surface area contributed by atoms with Crippen molar-refractivity contribution in [2.75, 3.05) is 19.0 Å². The van der Waals surface area contributed by atoms with E-state index in [2.05, 4.69) is 5.32 Å². The Bertz CT molecular complexity index is 646. The van der Waals surface area contributed by atoms with E-state index in [0.29, 0.717) is 18.7 Å². The lowest BCUT2D eigenvalue weighted by molar-refractivity contribution is -0.121. The van der Waals surface area contributed by atoms with Crippen LogP contribution in [-0.2, 0) is 18.6 Å². The van der Waals surface area contributed by atoms with Crippen molar-refractivity contribution in [3.63, 3.8) is 0 Å². The Morgan fingerprint density at radius 1 is 1.48 bits per heavy atom. The molecule has 0 aromatic heterocycles. The van der Waals surface area contributed by atoms with Crippen molar-refractivity contribution in [2.24, 2.45) is 5.92 Å². The Balaban J connectivity index is 2.23. The first-order chi connectivity index (χ1) is 9.82. The maximum Gasteiger partial charge on any atom is 0.265 e. The number of amides is 1. The van der Waals surface area contributed by atoms with Gasteiger partial charge in [-0.05, 0) is 31.5 Å². The maximum absolute atomic E-state index is 12.1. The topological polar surface area (TPSA) is 81.7 Å². The van der Waals surface area contributed by atoms with Crippen molar-refractivity contribution in [2.45, 2.75) is 24.3 Å². The average molecular weight is 334 g/mol. The zero-order chi connectivity index (χ0) is 15.6. The molecule has 1 heterocycles. The lowest BCUT2D eigenvalue weighted by atomic mass is 10.0. The highest BCUT2D eigenvalue weighted by Crippen LogP contribution is 2.30. The summed E-state index contributed by atoms with van der Waals surface area (Å²) in [6, 6.07) is 4.28. The van der Waals surface area contributed by atoms with Gasteiger partial charge in [-0.3, -0.25) is 4.79 Å². The number of halogens is 1. The molecule has 8 heteroatoms. The number of carbonyl (C=O) groups excluding carboxylic acids is 1. The van der Waals surface area contributed by atoms with Crippen molar-refractivity contribution in [1.29, 1.82) is 0 Å². The zero-order valence-corrected chi connectivity index (χ0v) is 13.2. The molecule has 6 nitrogen and oxygen atoms in total. The third-order valence-corrected chi connectivity index (χ3v) is 4.75. The minimum absolute atomic E-state index is 0.126. The van der Waals surface area contributed by atoms with E-state index in [1.807, 2.05) is 6.92 Å². The summed E-state index contributed by atoms with van der Waals surface area (Å²) >= 11 is 0. The largest absolute Gasteiger partial charge is 0.495 e. The summed E-state index contributed by atoms with van der Waals surface area (Å²) < 4.78 is 33.3. The van der Waals surface area contributed by atoms with Gasteiger partial charge in [-0.1, -0.05) is 0 Å². The second-order valence-electron chi connectivity index (χ2n) is 4.76. The number of rotatable bonds is 4. The predicted molar refractivity (Wildman–Crippen MR) is 78.2 cm³/mol. The predicted octanol–water partition coefficient (Wildman–Crippen LogP) is 1.99. The van der Waals surface area contributed by atoms with Crippen LogP contribution in [0, 0.1) is 5.92 Å². The Morgan fingerprint density at radius 2 is 2.19 bits per heavy atom. The van der Waals surface area contributed by atoms with Crippen LogP contribution in [0.5, 0.6) is 5.75 Å². The van der Waals surface area contributed by atoms with Gasteiger partial charge in [0.1, 0.15) is 10.6 Å². The lowest BCUT2D eigenvalue weighted by Crippen LogP contribution is -2.27. The molecule has 1 fully saturated rings. The van der Waals surface area contributed by atoms with Crippen molar-refractivity contribution in [3.05, 3.63) is 18.2 Å². The van der Waals surface area contributed by atoms with Crippen LogP contribution in [0.15, 0.2) is 23.1 Å². The first kappa shape index (κ1) is 16.1. The van der Waals surface area contributed by atoms with Crippen LogP contribution in [-0.4, -0.2) is 34.1 Å². The quantitative estimate of drug-likeness (QED) is 0.852. The van der Waals surface area contributed by atoms with Gasteiger partial charge in [-0.15, -0.1) is 0 Å². The molecule has 1 aliphatic rings. The molecule has 2 rings (SSSR count). The number of methoxy groups -OCH3 is 1. The van der Waals surface area contributed by atoms with Crippen molar-refractivity contribution in [1.82, 2.24) is 0 Å². The van der Waals surface area contributed by atoms with Crippen LogP contribution < -0.4 is 10.1 Å². The number of nitrogens with one attached hydrogen (secondary N) is 1. The second kappa shape index (κ2) is 6.21. The van der Waals surface area contributed by atoms with Gasteiger partial charge in [0.05, 0.1) is 19.1 Å². The molecular formula is C13H16ClNO5S. The van der Waals surface area contributed by atoms with E-state index in [9.17, 15) is 13.2 Å². The molecule has 1 saturated heterocycles. The van der Waals surface area contributed by atoms with Gasteiger partial charge < -0.3 is 14.8 Å². The van der Waals surface area contributed by atoms with Crippen molar-refractivity contribution < 1.29 is 22.7 Å².